The molecule has 1 saturated heterocycles. The molecule has 1 fully saturated rings. The molecule has 23 heavy (non-hydrogen) atoms. The Labute approximate surface area is 144 Å². The first kappa shape index (κ1) is 17.8. The fourth-order valence-corrected chi connectivity index (χ4v) is 2.61. The van der Waals surface area contributed by atoms with Gasteiger partial charge in [-0.2, -0.15) is 5.10 Å². The Balaban J connectivity index is 1.66. The van der Waals surface area contributed by atoms with Crippen LogP contribution in [0.15, 0.2) is 35.4 Å². The summed E-state index contributed by atoms with van der Waals surface area (Å²) in [6.07, 6.45) is 1.92. The molecule has 0 atom stereocenters. The molecule has 6 heteroatoms. The highest BCUT2D eigenvalue weighted by Gasteiger charge is 2.09. The van der Waals surface area contributed by atoms with E-state index >= 15 is 0 Å². The van der Waals surface area contributed by atoms with Crippen LogP contribution in [0.2, 0.25) is 0 Å². The van der Waals surface area contributed by atoms with Gasteiger partial charge in [-0.05, 0) is 37.2 Å². The van der Waals surface area contributed by atoms with Gasteiger partial charge in [0.25, 0.3) is 0 Å². The summed E-state index contributed by atoms with van der Waals surface area (Å²) in [6.45, 7) is 7.78. The van der Waals surface area contributed by atoms with Crippen molar-refractivity contribution in [2.24, 2.45) is 5.10 Å². The topological polar surface area (TPSA) is 48.9 Å². The summed E-state index contributed by atoms with van der Waals surface area (Å²) in [5.41, 5.74) is 5.07. The molecule has 2 rings (SSSR count). The molecule has 126 valence electrons. The van der Waals surface area contributed by atoms with Crippen LogP contribution in [0.4, 0.5) is 0 Å². The lowest BCUT2D eigenvalue weighted by Crippen LogP contribution is -2.39. The number of nitrogens with one attached hydrogen (secondary N) is 2. The molecule has 1 aromatic rings. The summed E-state index contributed by atoms with van der Waals surface area (Å²) in [5.74, 6) is 0. The lowest BCUT2D eigenvalue weighted by molar-refractivity contribution is 0.0376. The Kier molecular flexibility index (Phi) is 8.00. The van der Waals surface area contributed by atoms with Gasteiger partial charge in [-0.3, -0.25) is 10.3 Å². The van der Waals surface area contributed by atoms with Gasteiger partial charge in [-0.15, -0.1) is 0 Å². The number of morpholine rings is 1. The smallest absolute Gasteiger partial charge is 0.186 e. The van der Waals surface area contributed by atoms with E-state index in [1.807, 2.05) is 18.2 Å². The number of hydrazone groups is 1. The van der Waals surface area contributed by atoms with Crippen molar-refractivity contribution < 1.29 is 4.74 Å². The molecule has 0 spiro atoms. The van der Waals surface area contributed by atoms with E-state index in [0.29, 0.717) is 5.11 Å². The molecule has 2 N–H and O–H groups in total. The van der Waals surface area contributed by atoms with Crippen LogP contribution in [0, 0.1) is 0 Å². The first-order valence-electron chi connectivity index (χ1n) is 8.25. The Morgan fingerprint density at radius 2 is 2.00 bits per heavy atom. The van der Waals surface area contributed by atoms with Crippen molar-refractivity contribution in [2.75, 3.05) is 39.4 Å². The largest absolute Gasteiger partial charge is 0.379 e. The summed E-state index contributed by atoms with van der Waals surface area (Å²) in [4.78, 5) is 2.42. The molecule has 1 aliphatic rings. The van der Waals surface area contributed by atoms with E-state index < -0.39 is 0 Å². The first-order valence-corrected chi connectivity index (χ1v) is 8.66. The van der Waals surface area contributed by atoms with Gasteiger partial charge in [0.2, 0.25) is 0 Å². The minimum absolute atomic E-state index is 0.578. The van der Waals surface area contributed by atoms with Crippen LogP contribution in [-0.4, -0.2) is 55.1 Å². The van der Waals surface area contributed by atoms with E-state index in [1.165, 1.54) is 0 Å². The number of ether oxygens (including phenoxy) is 1. The van der Waals surface area contributed by atoms with E-state index in [2.05, 4.69) is 39.8 Å². The monoisotopic (exact) mass is 334 g/mol. The lowest BCUT2D eigenvalue weighted by Gasteiger charge is -2.26. The SMILES string of the molecule is CC/C(=N/NC(=S)NCCCN1CCOCC1)c1ccccc1. The Bertz CT molecular complexity index is 501. The summed E-state index contributed by atoms with van der Waals surface area (Å²) in [7, 11) is 0. The maximum atomic E-state index is 5.34. The fraction of sp³-hybridized carbons (Fsp3) is 0.529. The van der Waals surface area contributed by atoms with Crippen molar-refractivity contribution in [1.29, 1.82) is 0 Å². The zero-order valence-corrected chi connectivity index (χ0v) is 14.6. The summed E-state index contributed by atoms with van der Waals surface area (Å²) in [6, 6.07) is 10.2. The van der Waals surface area contributed by atoms with Gasteiger partial charge in [0.05, 0.1) is 18.9 Å². The summed E-state index contributed by atoms with van der Waals surface area (Å²) in [5, 5.41) is 8.20. The van der Waals surface area contributed by atoms with Gasteiger partial charge in [-0.25, -0.2) is 0 Å². The quantitative estimate of drug-likeness (QED) is 0.346. The van der Waals surface area contributed by atoms with Crippen LogP contribution < -0.4 is 10.7 Å². The standard InChI is InChI=1S/C17H26N4OS/c1-2-16(15-7-4-3-5-8-15)19-20-17(23)18-9-6-10-21-11-13-22-14-12-21/h3-5,7-8H,2,6,9-14H2,1H3,(H2,18,20,23)/b19-16-. The Hall–Kier alpha value is -1.50. The number of hydrogen-bond acceptors (Lipinski definition) is 4. The van der Waals surface area contributed by atoms with Crippen molar-refractivity contribution in [2.45, 2.75) is 19.8 Å². The van der Waals surface area contributed by atoms with Crippen molar-refractivity contribution in [3.63, 3.8) is 0 Å². The van der Waals surface area contributed by atoms with Gasteiger partial charge < -0.3 is 10.1 Å². The average Bonchev–Trinajstić information content (AvgIpc) is 2.61. The highest BCUT2D eigenvalue weighted by Crippen LogP contribution is 2.03. The Morgan fingerprint density at radius 1 is 1.26 bits per heavy atom. The second-order valence-electron chi connectivity index (χ2n) is 5.45. The van der Waals surface area contributed by atoms with Crippen LogP contribution in [0.25, 0.3) is 0 Å². The number of hydrogen-bond donors (Lipinski definition) is 2. The van der Waals surface area contributed by atoms with E-state index in [-0.39, 0.29) is 0 Å². The fourth-order valence-electron chi connectivity index (χ4n) is 2.47. The van der Waals surface area contributed by atoms with E-state index in [0.717, 1.165) is 63.5 Å². The van der Waals surface area contributed by atoms with Gasteiger partial charge in [0, 0.05) is 19.6 Å². The zero-order chi connectivity index (χ0) is 16.3. The van der Waals surface area contributed by atoms with E-state index in [1.54, 1.807) is 0 Å². The van der Waals surface area contributed by atoms with Gasteiger partial charge >= 0.3 is 0 Å². The molecule has 0 bridgehead atoms. The molecular formula is C17H26N4OS. The zero-order valence-electron chi connectivity index (χ0n) is 13.8. The molecule has 0 amide bonds. The van der Waals surface area contributed by atoms with Crippen LogP contribution in [0.5, 0.6) is 0 Å². The highest BCUT2D eigenvalue weighted by atomic mass is 32.1. The molecule has 0 saturated carbocycles. The molecule has 1 heterocycles. The maximum absolute atomic E-state index is 5.34. The molecular weight excluding hydrogens is 308 g/mol. The molecule has 0 aromatic heterocycles. The van der Waals surface area contributed by atoms with Crippen molar-refractivity contribution in [3.8, 4) is 0 Å². The van der Waals surface area contributed by atoms with E-state index in [4.69, 9.17) is 17.0 Å². The molecule has 1 aromatic carbocycles. The number of thiocarbonyl (C=S) groups is 1. The Morgan fingerprint density at radius 3 is 2.70 bits per heavy atom. The predicted octanol–water partition coefficient (Wildman–Crippen LogP) is 1.99. The van der Waals surface area contributed by atoms with Crippen LogP contribution in [0.3, 0.4) is 0 Å². The van der Waals surface area contributed by atoms with Crippen molar-refractivity contribution >= 4 is 23.0 Å². The van der Waals surface area contributed by atoms with Crippen molar-refractivity contribution in [3.05, 3.63) is 35.9 Å². The first-order chi connectivity index (χ1) is 11.3. The van der Waals surface area contributed by atoms with Crippen LogP contribution in [0.1, 0.15) is 25.3 Å². The summed E-state index contributed by atoms with van der Waals surface area (Å²) < 4.78 is 5.34. The summed E-state index contributed by atoms with van der Waals surface area (Å²) >= 11 is 5.28. The third kappa shape index (κ3) is 6.64. The third-order valence-electron chi connectivity index (χ3n) is 3.77. The molecule has 0 unspecified atom stereocenters. The number of benzene rings is 1. The maximum Gasteiger partial charge on any atom is 0.186 e. The van der Waals surface area contributed by atoms with Crippen molar-refractivity contribution in [1.82, 2.24) is 15.6 Å². The minimum Gasteiger partial charge on any atom is -0.379 e. The third-order valence-corrected chi connectivity index (χ3v) is 4.01. The van der Waals surface area contributed by atoms with E-state index in [9.17, 15) is 0 Å². The minimum atomic E-state index is 0.578. The molecule has 0 radical (unpaired) electrons. The van der Waals surface area contributed by atoms with Gasteiger partial charge in [0.15, 0.2) is 5.11 Å². The van der Waals surface area contributed by atoms with Crippen LogP contribution >= 0.6 is 12.2 Å². The predicted molar refractivity (Wildman–Crippen MR) is 98.9 cm³/mol. The average molecular weight is 334 g/mol. The lowest BCUT2D eigenvalue weighted by atomic mass is 10.1. The highest BCUT2D eigenvalue weighted by molar-refractivity contribution is 7.80. The molecule has 5 nitrogen and oxygen atoms in total. The normalized spacial score (nSPS) is 16.1. The number of rotatable bonds is 7. The second-order valence-corrected chi connectivity index (χ2v) is 5.86. The van der Waals surface area contributed by atoms with Crippen LogP contribution in [-0.2, 0) is 4.74 Å². The second kappa shape index (κ2) is 10.3. The molecule has 1 aliphatic heterocycles. The molecule has 0 aliphatic carbocycles. The van der Waals surface area contributed by atoms with Gasteiger partial charge in [-0.1, -0.05) is 37.3 Å². The van der Waals surface area contributed by atoms with Gasteiger partial charge in [0.1, 0.15) is 0 Å². The number of nitrogens with zero attached hydrogens (tertiary/aromatic N) is 2.